The Morgan fingerprint density at radius 3 is 0.167 bits per heavy atom. The average molecular weight is 235 g/mol. The molecule has 6 heteroatoms. The van der Waals surface area contributed by atoms with E-state index in [4.69, 9.17) is 0 Å². The first-order chi connectivity index (χ1) is 0. The molecule has 0 N–H and O–H groups in total. The second-order valence-corrected chi connectivity index (χ2v) is 0. The fourth-order valence-electron chi connectivity index (χ4n) is 0. The van der Waals surface area contributed by atoms with Gasteiger partial charge in [-0.05, 0) is 0 Å². The van der Waals surface area contributed by atoms with Gasteiger partial charge in [0.1, 0.15) is 0 Å². The SMILES string of the molecule is [K].[K].[K].[K].[K].[K]. The molecule has 6 heavy (non-hydrogen) atoms. The van der Waals surface area contributed by atoms with Gasteiger partial charge in [-0.1, -0.05) is 0 Å². The number of rotatable bonds is 0. The van der Waals surface area contributed by atoms with E-state index in [9.17, 15) is 0 Å². The summed E-state index contributed by atoms with van der Waals surface area (Å²) in [6.45, 7) is 0. The van der Waals surface area contributed by atoms with Crippen LogP contribution in [0.4, 0.5) is 0 Å². The second-order valence-electron chi connectivity index (χ2n) is 0. The van der Waals surface area contributed by atoms with E-state index in [1.807, 2.05) is 0 Å². The van der Waals surface area contributed by atoms with E-state index < -0.39 is 0 Å². The van der Waals surface area contributed by atoms with E-state index in [1.165, 1.54) is 0 Å². The minimum absolute atomic E-state index is 0. The molecule has 0 fully saturated rings. The van der Waals surface area contributed by atoms with Crippen molar-refractivity contribution in [3.63, 3.8) is 0 Å². The molecule has 0 spiro atoms. The van der Waals surface area contributed by atoms with Crippen LogP contribution in [-0.2, 0) is 0 Å². The van der Waals surface area contributed by atoms with Crippen LogP contribution in [-0.4, -0.2) is 308 Å². The standard InChI is InChI=1S/6K. The van der Waals surface area contributed by atoms with Gasteiger partial charge in [0.25, 0.3) is 0 Å². The van der Waals surface area contributed by atoms with Crippen molar-refractivity contribution in [2.45, 2.75) is 0 Å². The number of hydrogen-bond acceptors (Lipinski definition) is 0. The van der Waals surface area contributed by atoms with Crippen LogP contribution >= 0.6 is 0 Å². The van der Waals surface area contributed by atoms with Crippen LogP contribution in [0.5, 0.6) is 0 Å². The van der Waals surface area contributed by atoms with Crippen molar-refractivity contribution in [1.29, 1.82) is 0 Å². The molecule has 0 aromatic rings. The van der Waals surface area contributed by atoms with Crippen molar-refractivity contribution in [3.8, 4) is 0 Å². The predicted molar refractivity (Wildman–Crippen MR) is 34.5 cm³/mol. The molecule has 0 nitrogen and oxygen atoms in total. The Hall–Kier alpha value is 9.82. The summed E-state index contributed by atoms with van der Waals surface area (Å²) in [5.74, 6) is 0. The fourth-order valence-corrected chi connectivity index (χ4v) is 0. The van der Waals surface area contributed by atoms with E-state index in [-0.39, 0.29) is 308 Å². The van der Waals surface area contributed by atoms with Crippen molar-refractivity contribution < 1.29 is 0 Å². The Morgan fingerprint density at radius 1 is 0.167 bits per heavy atom. The largest absolute Gasteiger partial charge is 0 e. The smallest absolute Gasteiger partial charge is 0 e. The zero-order valence-corrected chi connectivity index (χ0v) is 24.7. The minimum atomic E-state index is 0. The Labute approximate surface area is 295 Å². The van der Waals surface area contributed by atoms with Gasteiger partial charge in [0.2, 0.25) is 0 Å². The average Bonchev–Trinajstić information content (AvgIpc) is 0. The monoisotopic (exact) mass is 234 g/mol. The summed E-state index contributed by atoms with van der Waals surface area (Å²) >= 11 is 0. The van der Waals surface area contributed by atoms with Crippen LogP contribution in [0, 0.1) is 0 Å². The van der Waals surface area contributed by atoms with Gasteiger partial charge in [0, 0.05) is 308 Å². The van der Waals surface area contributed by atoms with Gasteiger partial charge in [-0.25, -0.2) is 0 Å². The summed E-state index contributed by atoms with van der Waals surface area (Å²) in [5, 5.41) is 0. The van der Waals surface area contributed by atoms with Gasteiger partial charge in [0.15, 0.2) is 0 Å². The Kier molecular flexibility index (Phi) is 176. The molecule has 0 saturated carbocycles. The van der Waals surface area contributed by atoms with E-state index in [0.717, 1.165) is 0 Å². The zero-order chi connectivity index (χ0) is 0. The van der Waals surface area contributed by atoms with Gasteiger partial charge in [-0.15, -0.1) is 0 Å². The van der Waals surface area contributed by atoms with Crippen LogP contribution in [0.25, 0.3) is 0 Å². The molecule has 0 heterocycles. The predicted octanol–water partition coefficient (Wildman–Crippen LogP) is -2.28. The molecular formula is K6. The molecule has 0 aliphatic rings. The molecule has 0 amide bonds. The maximum atomic E-state index is 0. The first-order valence-corrected chi connectivity index (χ1v) is 0. The van der Waals surface area contributed by atoms with Crippen molar-refractivity contribution in [3.05, 3.63) is 0 Å². The first kappa shape index (κ1) is 36.0. The van der Waals surface area contributed by atoms with E-state index in [1.54, 1.807) is 0 Å². The maximum absolute atomic E-state index is 0. The molecule has 6 valence electrons. The molecule has 0 bridgehead atoms. The van der Waals surface area contributed by atoms with Crippen LogP contribution in [0.2, 0.25) is 0 Å². The molecular weight excluding hydrogens is 235 g/mol. The topological polar surface area (TPSA) is 0 Å². The quantitative estimate of drug-likeness (QED) is 0.414. The van der Waals surface area contributed by atoms with Crippen molar-refractivity contribution in [2.75, 3.05) is 0 Å². The summed E-state index contributed by atoms with van der Waals surface area (Å²) in [6, 6.07) is 0. The Balaban J connectivity index is 0. The normalized spacial score (nSPS) is 0. The van der Waals surface area contributed by atoms with Gasteiger partial charge in [-0.3, -0.25) is 0 Å². The van der Waals surface area contributed by atoms with Gasteiger partial charge < -0.3 is 0 Å². The van der Waals surface area contributed by atoms with Crippen LogP contribution in [0.3, 0.4) is 0 Å². The molecule has 0 aromatic carbocycles. The van der Waals surface area contributed by atoms with Crippen molar-refractivity contribution in [2.24, 2.45) is 0 Å². The van der Waals surface area contributed by atoms with Gasteiger partial charge in [-0.2, -0.15) is 0 Å². The molecule has 6 radical (unpaired) electrons. The maximum Gasteiger partial charge on any atom is 0 e. The van der Waals surface area contributed by atoms with Gasteiger partial charge in [0.05, 0.1) is 0 Å². The summed E-state index contributed by atoms with van der Waals surface area (Å²) in [5.41, 5.74) is 0. The fraction of sp³-hybridized carbons (Fsp3) is 0. The van der Waals surface area contributed by atoms with E-state index in [0.29, 0.717) is 0 Å². The zero-order valence-electron chi connectivity index (χ0n) is 6.00. The molecule has 0 aliphatic carbocycles. The number of hydrogen-bond donors (Lipinski definition) is 0. The summed E-state index contributed by atoms with van der Waals surface area (Å²) in [4.78, 5) is 0. The van der Waals surface area contributed by atoms with Crippen LogP contribution < -0.4 is 0 Å². The molecule has 0 aliphatic heterocycles. The Morgan fingerprint density at radius 2 is 0.167 bits per heavy atom. The molecule has 0 rings (SSSR count). The molecule has 0 saturated heterocycles. The first-order valence-electron chi connectivity index (χ1n) is 0. The second kappa shape index (κ2) is 29.4. The van der Waals surface area contributed by atoms with E-state index in [2.05, 4.69) is 0 Å². The third kappa shape index (κ3) is 23.6. The molecule has 0 aromatic heterocycles. The van der Waals surface area contributed by atoms with Gasteiger partial charge >= 0.3 is 0 Å². The van der Waals surface area contributed by atoms with E-state index >= 15 is 0 Å². The third-order valence-electron chi connectivity index (χ3n) is 0. The molecule has 0 unspecified atom stereocenters. The summed E-state index contributed by atoms with van der Waals surface area (Å²) in [7, 11) is 0. The van der Waals surface area contributed by atoms with Crippen LogP contribution in [0.15, 0.2) is 0 Å². The summed E-state index contributed by atoms with van der Waals surface area (Å²) in [6.07, 6.45) is 0. The third-order valence-corrected chi connectivity index (χ3v) is 0. The van der Waals surface area contributed by atoms with Crippen molar-refractivity contribution in [1.82, 2.24) is 0 Å². The van der Waals surface area contributed by atoms with Crippen molar-refractivity contribution >= 4 is 308 Å². The minimum Gasteiger partial charge on any atom is 0 e. The summed E-state index contributed by atoms with van der Waals surface area (Å²) < 4.78 is 0. The van der Waals surface area contributed by atoms with Crippen LogP contribution in [0.1, 0.15) is 0 Å². The Bertz CT molecular complexity index is 0. The molecule has 0 atom stereocenters.